The van der Waals surface area contributed by atoms with Crippen molar-refractivity contribution in [3.63, 3.8) is 0 Å². The second kappa shape index (κ2) is 7.49. The Morgan fingerprint density at radius 2 is 2.00 bits per heavy atom. The number of nitrogens with one attached hydrogen (secondary N) is 1. The van der Waals surface area contributed by atoms with Crippen molar-refractivity contribution in [1.29, 1.82) is 0 Å². The van der Waals surface area contributed by atoms with E-state index in [9.17, 15) is 9.18 Å². The minimum absolute atomic E-state index is 0.0839. The predicted octanol–water partition coefficient (Wildman–Crippen LogP) is 4.30. The van der Waals surface area contributed by atoms with Gasteiger partial charge in [-0.15, -0.1) is 0 Å². The molecule has 0 aliphatic heterocycles. The van der Waals surface area contributed by atoms with Crippen molar-refractivity contribution >= 4 is 17.5 Å². The fraction of sp³-hybridized carbons (Fsp3) is 0.158. The third-order valence-corrected chi connectivity index (χ3v) is 3.92. The van der Waals surface area contributed by atoms with Gasteiger partial charge in [0.2, 0.25) is 11.8 Å². The van der Waals surface area contributed by atoms with Crippen LogP contribution in [0.25, 0.3) is 11.5 Å². The second-order valence-electron chi connectivity index (χ2n) is 5.62. The molecule has 1 N–H and O–H groups in total. The van der Waals surface area contributed by atoms with E-state index in [2.05, 4.69) is 10.3 Å². The van der Waals surface area contributed by atoms with Gasteiger partial charge in [-0.25, -0.2) is 9.37 Å². The number of amides is 1. The number of rotatable bonds is 5. The van der Waals surface area contributed by atoms with E-state index in [1.165, 1.54) is 12.1 Å². The normalized spacial score (nSPS) is 10.7. The molecule has 0 saturated heterocycles. The predicted molar refractivity (Wildman–Crippen MR) is 93.6 cm³/mol. The van der Waals surface area contributed by atoms with Crippen LogP contribution in [-0.2, 0) is 17.8 Å². The summed E-state index contributed by atoms with van der Waals surface area (Å²) in [6, 6.07) is 13.2. The van der Waals surface area contributed by atoms with Gasteiger partial charge in [0.1, 0.15) is 11.6 Å². The van der Waals surface area contributed by atoms with Crippen molar-refractivity contribution < 1.29 is 13.6 Å². The summed E-state index contributed by atoms with van der Waals surface area (Å²) in [4.78, 5) is 16.4. The lowest BCUT2D eigenvalue weighted by Gasteiger charge is -2.05. The highest BCUT2D eigenvalue weighted by molar-refractivity contribution is 6.30. The van der Waals surface area contributed by atoms with Crippen LogP contribution in [0.4, 0.5) is 4.39 Å². The lowest BCUT2D eigenvalue weighted by molar-refractivity contribution is -0.120. The molecular formula is C19H16ClFN2O2. The summed E-state index contributed by atoms with van der Waals surface area (Å²) in [5.74, 6) is 0.357. The third-order valence-electron chi connectivity index (χ3n) is 3.68. The standard InChI is InChI=1S/C19H16ClFN2O2/c1-12-17(25-19(23-12)14-5-7-16(21)8-6-14)10-18(24)22-11-13-3-2-4-15(20)9-13/h2-9H,10-11H2,1H3,(H,22,24). The topological polar surface area (TPSA) is 55.1 Å². The van der Waals surface area contributed by atoms with E-state index >= 15 is 0 Å². The first kappa shape index (κ1) is 17.2. The van der Waals surface area contributed by atoms with E-state index in [0.717, 1.165) is 5.56 Å². The van der Waals surface area contributed by atoms with Gasteiger partial charge in [-0.1, -0.05) is 23.7 Å². The molecular weight excluding hydrogens is 343 g/mol. The zero-order valence-corrected chi connectivity index (χ0v) is 14.3. The molecule has 4 nitrogen and oxygen atoms in total. The molecule has 1 aromatic heterocycles. The van der Waals surface area contributed by atoms with Crippen molar-refractivity contribution in [3.05, 3.63) is 76.4 Å². The summed E-state index contributed by atoms with van der Waals surface area (Å²) in [5.41, 5.74) is 2.22. The highest BCUT2D eigenvalue weighted by Gasteiger charge is 2.15. The smallest absolute Gasteiger partial charge is 0.227 e. The number of benzene rings is 2. The molecule has 1 heterocycles. The molecule has 2 aromatic carbocycles. The van der Waals surface area contributed by atoms with Gasteiger partial charge in [0.05, 0.1) is 12.1 Å². The molecule has 0 spiro atoms. The fourth-order valence-electron chi connectivity index (χ4n) is 2.36. The highest BCUT2D eigenvalue weighted by Crippen LogP contribution is 2.22. The number of oxazole rings is 1. The minimum atomic E-state index is -0.326. The van der Waals surface area contributed by atoms with Crippen molar-refractivity contribution in [2.75, 3.05) is 0 Å². The van der Waals surface area contributed by atoms with Crippen LogP contribution in [0.15, 0.2) is 52.9 Å². The van der Waals surface area contributed by atoms with Gasteiger partial charge in [0.15, 0.2) is 0 Å². The summed E-state index contributed by atoms with van der Waals surface area (Å²) >= 11 is 5.92. The van der Waals surface area contributed by atoms with Crippen molar-refractivity contribution in [2.24, 2.45) is 0 Å². The Labute approximate surface area is 149 Å². The molecule has 1 amide bonds. The zero-order chi connectivity index (χ0) is 17.8. The monoisotopic (exact) mass is 358 g/mol. The number of aromatic nitrogens is 1. The maximum absolute atomic E-state index is 13.0. The van der Waals surface area contributed by atoms with Crippen LogP contribution in [0, 0.1) is 12.7 Å². The van der Waals surface area contributed by atoms with Gasteiger partial charge >= 0.3 is 0 Å². The van der Waals surface area contributed by atoms with E-state index in [4.69, 9.17) is 16.0 Å². The summed E-state index contributed by atoms with van der Waals surface area (Å²) < 4.78 is 18.7. The number of aryl methyl sites for hydroxylation is 1. The number of halogens is 2. The Balaban J connectivity index is 1.64. The van der Waals surface area contributed by atoms with E-state index in [-0.39, 0.29) is 18.1 Å². The van der Waals surface area contributed by atoms with Crippen LogP contribution in [0.5, 0.6) is 0 Å². The minimum Gasteiger partial charge on any atom is -0.440 e. The summed E-state index contributed by atoms with van der Waals surface area (Å²) in [6.07, 6.45) is 0.0839. The van der Waals surface area contributed by atoms with Gasteiger partial charge in [0, 0.05) is 17.1 Å². The first-order chi connectivity index (χ1) is 12.0. The quantitative estimate of drug-likeness (QED) is 0.739. The van der Waals surface area contributed by atoms with E-state index in [0.29, 0.717) is 34.5 Å². The molecule has 128 valence electrons. The van der Waals surface area contributed by atoms with Gasteiger partial charge in [-0.05, 0) is 48.9 Å². The average molecular weight is 359 g/mol. The van der Waals surface area contributed by atoms with Crippen LogP contribution in [0.1, 0.15) is 17.0 Å². The van der Waals surface area contributed by atoms with Crippen molar-refractivity contribution in [2.45, 2.75) is 19.9 Å². The Bertz CT molecular complexity index is 891. The molecule has 3 aromatic rings. The highest BCUT2D eigenvalue weighted by atomic mass is 35.5. The van der Waals surface area contributed by atoms with Gasteiger partial charge < -0.3 is 9.73 Å². The second-order valence-corrected chi connectivity index (χ2v) is 6.05. The lowest BCUT2D eigenvalue weighted by atomic mass is 10.2. The first-order valence-electron chi connectivity index (χ1n) is 7.74. The molecule has 0 fully saturated rings. The molecule has 0 aliphatic carbocycles. The largest absolute Gasteiger partial charge is 0.440 e. The zero-order valence-electron chi connectivity index (χ0n) is 13.6. The van der Waals surface area contributed by atoms with Crippen LogP contribution in [0.3, 0.4) is 0 Å². The van der Waals surface area contributed by atoms with Gasteiger partial charge in [0.25, 0.3) is 0 Å². The number of carbonyl (C=O) groups excluding carboxylic acids is 1. The Morgan fingerprint density at radius 1 is 1.24 bits per heavy atom. The lowest BCUT2D eigenvalue weighted by Crippen LogP contribution is -2.24. The molecule has 0 unspecified atom stereocenters. The van der Waals surface area contributed by atoms with Crippen molar-refractivity contribution in [1.82, 2.24) is 10.3 Å². The SMILES string of the molecule is Cc1nc(-c2ccc(F)cc2)oc1CC(=O)NCc1cccc(Cl)c1. The van der Waals surface area contributed by atoms with E-state index in [1.54, 1.807) is 31.2 Å². The Hall–Kier alpha value is -2.66. The summed E-state index contributed by atoms with van der Waals surface area (Å²) in [7, 11) is 0. The van der Waals surface area contributed by atoms with Crippen LogP contribution < -0.4 is 5.32 Å². The van der Waals surface area contributed by atoms with Crippen molar-refractivity contribution in [3.8, 4) is 11.5 Å². The molecule has 0 saturated carbocycles. The molecule has 0 atom stereocenters. The number of nitrogens with zero attached hydrogens (tertiary/aromatic N) is 1. The number of hydrogen-bond donors (Lipinski definition) is 1. The molecule has 6 heteroatoms. The average Bonchev–Trinajstić information content (AvgIpc) is 2.94. The molecule has 25 heavy (non-hydrogen) atoms. The van der Waals surface area contributed by atoms with E-state index in [1.807, 2.05) is 12.1 Å². The summed E-state index contributed by atoms with van der Waals surface area (Å²) in [6.45, 7) is 2.16. The first-order valence-corrected chi connectivity index (χ1v) is 8.12. The van der Waals surface area contributed by atoms with Gasteiger partial charge in [-0.3, -0.25) is 4.79 Å². The Morgan fingerprint density at radius 3 is 2.72 bits per heavy atom. The molecule has 0 aliphatic rings. The number of hydrogen-bond acceptors (Lipinski definition) is 3. The molecule has 0 bridgehead atoms. The Kier molecular flexibility index (Phi) is 5.14. The van der Waals surface area contributed by atoms with Crippen LogP contribution in [0.2, 0.25) is 5.02 Å². The maximum atomic E-state index is 13.0. The third kappa shape index (κ3) is 4.45. The number of carbonyl (C=O) groups is 1. The molecule has 3 rings (SSSR count). The summed E-state index contributed by atoms with van der Waals surface area (Å²) in [5, 5.41) is 3.45. The van der Waals surface area contributed by atoms with E-state index < -0.39 is 0 Å². The van der Waals surface area contributed by atoms with Gasteiger partial charge in [-0.2, -0.15) is 0 Å². The molecule has 0 radical (unpaired) electrons. The van der Waals surface area contributed by atoms with Crippen LogP contribution >= 0.6 is 11.6 Å². The van der Waals surface area contributed by atoms with Crippen LogP contribution in [-0.4, -0.2) is 10.9 Å². The maximum Gasteiger partial charge on any atom is 0.227 e. The fourth-order valence-corrected chi connectivity index (χ4v) is 2.58.